The van der Waals surface area contributed by atoms with Crippen LogP contribution in [0.15, 0.2) is 30.3 Å². The minimum absolute atomic E-state index is 0.331. The Morgan fingerprint density at radius 3 is 1.93 bits per heavy atom. The molecule has 1 rings (SSSR count). The van der Waals surface area contributed by atoms with Crippen molar-refractivity contribution < 1.29 is 14.7 Å². The first-order valence-corrected chi connectivity index (χ1v) is 3.98. The Bertz CT molecular complexity index is 283. The van der Waals surface area contributed by atoms with Crippen molar-refractivity contribution in [1.29, 1.82) is 0 Å². The van der Waals surface area contributed by atoms with Crippen molar-refractivity contribution >= 4 is 12.4 Å². The summed E-state index contributed by atoms with van der Waals surface area (Å²) in [6, 6.07) is 8.30. The molecule has 0 aliphatic carbocycles. The van der Waals surface area contributed by atoms with E-state index in [1.54, 1.807) is 44.4 Å². The maximum atomic E-state index is 10.2. The van der Waals surface area contributed by atoms with Gasteiger partial charge in [-0.1, -0.05) is 18.2 Å². The third-order valence-electron chi connectivity index (χ3n) is 1.23. The maximum Gasteiger partial charge on any atom is 0.335 e. The molecule has 0 saturated carbocycles. The van der Waals surface area contributed by atoms with Crippen LogP contribution in [0.25, 0.3) is 0 Å². The lowest BCUT2D eigenvalue weighted by molar-refractivity contribution is -0.115. The molecule has 0 unspecified atom stereocenters. The van der Waals surface area contributed by atoms with Crippen molar-refractivity contribution in [3.63, 3.8) is 0 Å². The largest absolute Gasteiger partial charge is 0.478 e. The van der Waals surface area contributed by atoms with E-state index < -0.39 is 5.97 Å². The zero-order chi connectivity index (χ0) is 11.0. The average molecular weight is 195 g/mol. The summed E-state index contributed by atoms with van der Waals surface area (Å²) >= 11 is 0. The summed E-state index contributed by atoms with van der Waals surface area (Å²) in [5.74, 6) is -0.879. The lowest BCUT2D eigenvalue weighted by Crippen LogP contribution is -2.06. The Labute approximate surface area is 82.8 Å². The number of carboxylic acid groups (broad SMARTS) is 1. The van der Waals surface area contributed by atoms with Gasteiger partial charge in [0.05, 0.1) is 5.56 Å². The number of nitrogens with zero attached hydrogens (tertiary/aromatic N) is 1. The number of rotatable bonds is 2. The van der Waals surface area contributed by atoms with E-state index in [2.05, 4.69) is 0 Å². The smallest absolute Gasteiger partial charge is 0.335 e. The highest BCUT2D eigenvalue weighted by Crippen LogP contribution is 1.96. The fourth-order valence-electron chi connectivity index (χ4n) is 0.581. The molecule has 1 aromatic rings. The van der Waals surface area contributed by atoms with Gasteiger partial charge in [0, 0.05) is 14.1 Å². The molecule has 76 valence electrons. The number of carbonyl (C=O) groups is 2. The Kier molecular flexibility index (Phi) is 5.78. The van der Waals surface area contributed by atoms with Crippen LogP contribution < -0.4 is 0 Å². The highest BCUT2D eigenvalue weighted by atomic mass is 16.4. The number of benzene rings is 1. The van der Waals surface area contributed by atoms with Gasteiger partial charge >= 0.3 is 5.97 Å². The van der Waals surface area contributed by atoms with Gasteiger partial charge in [-0.25, -0.2) is 4.79 Å². The van der Waals surface area contributed by atoms with Crippen LogP contribution in [0.4, 0.5) is 0 Å². The molecule has 0 heterocycles. The summed E-state index contributed by atoms with van der Waals surface area (Å²) in [5.41, 5.74) is 0.331. The minimum atomic E-state index is -0.879. The van der Waals surface area contributed by atoms with Crippen LogP contribution in [0.3, 0.4) is 0 Å². The van der Waals surface area contributed by atoms with E-state index in [9.17, 15) is 9.59 Å². The summed E-state index contributed by atoms with van der Waals surface area (Å²) in [5, 5.41) is 8.38. The first kappa shape index (κ1) is 12.2. The van der Waals surface area contributed by atoms with Crippen LogP contribution >= 0.6 is 0 Å². The summed E-state index contributed by atoms with van der Waals surface area (Å²) < 4.78 is 0. The fourth-order valence-corrected chi connectivity index (χ4v) is 0.581. The number of aromatic carboxylic acids is 1. The molecule has 0 spiro atoms. The molecule has 1 N–H and O–H groups in total. The van der Waals surface area contributed by atoms with Crippen LogP contribution in [-0.2, 0) is 4.79 Å². The predicted octanol–water partition coefficient (Wildman–Crippen LogP) is 1.09. The first-order chi connectivity index (χ1) is 6.57. The molecule has 0 fully saturated rings. The molecule has 0 radical (unpaired) electrons. The van der Waals surface area contributed by atoms with Crippen molar-refractivity contribution in [2.75, 3.05) is 14.1 Å². The molecule has 0 saturated heterocycles. The zero-order valence-corrected chi connectivity index (χ0v) is 8.18. The normalized spacial score (nSPS) is 8.14. The number of amides is 1. The van der Waals surface area contributed by atoms with Crippen molar-refractivity contribution in [3.8, 4) is 0 Å². The quantitative estimate of drug-likeness (QED) is 0.718. The molecule has 0 aliphatic rings. The molecule has 1 amide bonds. The molecule has 0 atom stereocenters. The second kappa shape index (κ2) is 6.65. The maximum absolute atomic E-state index is 10.2. The molecular weight excluding hydrogens is 182 g/mol. The molecule has 14 heavy (non-hydrogen) atoms. The highest BCUT2D eigenvalue weighted by Gasteiger charge is 1.96. The standard InChI is InChI=1S/C7H6O2.C3H7NO/c8-7(9)6-4-2-1-3-5-6;1-4(2)3-5/h1-5H,(H,8,9);3H,1-2H3. The molecule has 0 bridgehead atoms. The third-order valence-corrected chi connectivity index (χ3v) is 1.23. The van der Waals surface area contributed by atoms with Gasteiger partial charge in [0.1, 0.15) is 0 Å². The highest BCUT2D eigenvalue weighted by molar-refractivity contribution is 5.87. The Balaban J connectivity index is 0.000000292. The Morgan fingerprint density at radius 1 is 1.29 bits per heavy atom. The van der Waals surface area contributed by atoms with E-state index in [1.807, 2.05) is 0 Å². The molecule has 4 heteroatoms. The van der Waals surface area contributed by atoms with E-state index in [4.69, 9.17) is 5.11 Å². The zero-order valence-electron chi connectivity index (χ0n) is 8.18. The van der Waals surface area contributed by atoms with E-state index in [0.717, 1.165) is 6.41 Å². The van der Waals surface area contributed by atoms with E-state index >= 15 is 0 Å². The molecule has 1 aromatic carbocycles. The van der Waals surface area contributed by atoms with Crippen molar-refractivity contribution in [3.05, 3.63) is 35.9 Å². The SMILES string of the molecule is CN(C)C=O.O=C(O)c1ccccc1. The topological polar surface area (TPSA) is 57.6 Å². The number of hydrogen-bond acceptors (Lipinski definition) is 2. The van der Waals surface area contributed by atoms with Crippen LogP contribution in [0.2, 0.25) is 0 Å². The third kappa shape index (κ3) is 5.77. The molecule has 0 aromatic heterocycles. The van der Waals surface area contributed by atoms with Gasteiger partial charge in [0.15, 0.2) is 0 Å². The van der Waals surface area contributed by atoms with E-state index in [-0.39, 0.29) is 0 Å². The van der Waals surface area contributed by atoms with Crippen molar-refractivity contribution in [2.45, 2.75) is 0 Å². The van der Waals surface area contributed by atoms with Gasteiger partial charge in [0.2, 0.25) is 6.41 Å². The second-order valence-electron chi connectivity index (χ2n) is 2.74. The Hall–Kier alpha value is -1.84. The number of carboxylic acids is 1. The summed E-state index contributed by atoms with van der Waals surface area (Å²) in [6.45, 7) is 0. The number of hydrogen-bond donors (Lipinski definition) is 1. The van der Waals surface area contributed by atoms with Gasteiger partial charge in [0.25, 0.3) is 0 Å². The second-order valence-corrected chi connectivity index (χ2v) is 2.74. The lowest BCUT2D eigenvalue weighted by atomic mass is 10.2. The minimum Gasteiger partial charge on any atom is -0.478 e. The molecular formula is C10H13NO3. The Morgan fingerprint density at radius 2 is 1.71 bits per heavy atom. The van der Waals surface area contributed by atoms with E-state index in [0.29, 0.717) is 5.56 Å². The molecule has 0 aliphatic heterocycles. The van der Waals surface area contributed by atoms with Gasteiger partial charge in [-0.15, -0.1) is 0 Å². The first-order valence-electron chi connectivity index (χ1n) is 3.98. The van der Waals surface area contributed by atoms with E-state index in [1.165, 1.54) is 4.90 Å². The van der Waals surface area contributed by atoms with Gasteiger partial charge in [-0.2, -0.15) is 0 Å². The lowest BCUT2D eigenvalue weighted by Gasteiger charge is -1.93. The molecule has 4 nitrogen and oxygen atoms in total. The van der Waals surface area contributed by atoms with Crippen molar-refractivity contribution in [1.82, 2.24) is 4.90 Å². The van der Waals surface area contributed by atoms with Gasteiger partial charge in [-0.05, 0) is 12.1 Å². The van der Waals surface area contributed by atoms with Crippen LogP contribution in [0, 0.1) is 0 Å². The van der Waals surface area contributed by atoms with Crippen LogP contribution in [-0.4, -0.2) is 36.5 Å². The summed E-state index contributed by atoms with van der Waals surface area (Å²) in [4.78, 5) is 21.1. The van der Waals surface area contributed by atoms with Crippen molar-refractivity contribution in [2.24, 2.45) is 0 Å². The number of carbonyl (C=O) groups excluding carboxylic acids is 1. The predicted molar refractivity (Wildman–Crippen MR) is 53.2 cm³/mol. The average Bonchev–Trinajstić information content (AvgIpc) is 2.20. The van der Waals surface area contributed by atoms with Crippen LogP contribution in [0.1, 0.15) is 10.4 Å². The van der Waals surface area contributed by atoms with Gasteiger partial charge in [-0.3, -0.25) is 4.79 Å². The summed E-state index contributed by atoms with van der Waals surface area (Å²) in [7, 11) is 3.38. The monoisotopic (exact) mass is 195 g/mol. The van der Waals surface area contributed by atoms with Crippen LogP contribution in [0.5, 0.6) is 0 Å². The fraction of sp³-hybridized carbons (Fsp3) is 0.200. The van der Waals surface area contributed by atoms with Gasteiger partial charge < -0.3 is 10.0 Å². The summed E-state index contributed by atoms with van der Waals surface area (Å²) in [6.07, 6.45) is 0.750.